The van der Waals surface area contributed by atoms with Crippen molar-refractivity contribution in [3.63, 3.8) is 0 Å². The van der Waals surface area contributed by atoms with Crippen molar-refractivity contribution in [1.82, 2.24) is 5.32 Å². The van der Waals surface area contributed by atoms with Crippen LogP contribution in [0.5, 0.6) is 5.75 Å². The lowest BCUT2D eigenvalue weighted by molar-refractivity contribution is -0.119. The molecule has 1 saturated heterocycles. The van der Waals surface area contributed by atoms with Crippen LogP contribution < -0.4 is 15.0 Å². The summed E-state index contributed by atoms with van der Waals surface area (Å²) in [4.78, 5) is 14.1. The minimum absolute atomic E-state index is 0.0930. The zero-order valence-corrected chi connectivity index (χ0v) is 14.5. The fourth-order valence-electron chi connectivity index (χ4n) is 4.00. The van der Waals surface area contributed by atoms with Crippen LogP contribution in [-0.2, 0) is 10.2 Å². The summed E-state index contributed by atoms with van der Waals surface area (Å²) in [6.45, 7) is 6.95. The molecule has 1 N–H and O–H groups in total. The van der Waals surface area contributed by atoms with Gasteiger partial charge >= 0.3 is 0 Å². The van der Waals surface area contributed by atoms with E-state index in [1.165, 1.54) is 11.1 Å². The predicted molar refractivity (Wildman–Crippen MR) is 95.3 cm³/mol. The molecule has 0 bridgehead atoms. The van der Waals surface area contributed by atoms with Gasteiger partial charge in [0.1, 0.15) is 11.4 Å². The van der Waals surface area contributed by atoms with Gasteiger partial charge in [0.15, 0.2) is 0 Å². The van der Waals surface area contributed by atoms with Crippen molar-refractivity contribution < 1.29 is 9.53 Å². The lowest BCUT2D eigenvalue weighted by Crippen LogP contribution is -2.57. The summed E-state index contributed by atoms with van der Waals surface area (Å²) in [5, 5.41) is 3.17. The smallest absolute Gasteiger partial charge is 0.241 e. The molecule has 4 nitrogen and oxygen atoms in total. The topological polar surface area (TPSA) is 41.6 Å². The summed E-state index contributed by atoms with van der Waals surface area (Å²) in [5.41, 5.74) is 4.23. The Bertz CT molecular complexity index is 826. The summed E-state index contributed by atoms with van der Waals surface area (Å²) >= 11 is 0. The zero-order chi connectivity index (χ0) is 17.1. The van der Waals surface area contributed by atoms with Crippen molar-refractivity contribution in [3.8, 4) is 16.9 Å². The van der Waals surface area contributed by atoms with Crippen LogP contribution in [0.25, 0.3) is 11.1 Å². The number of amides is 1. The number of fused-ring (bicyclic) bond motifs is 3. The third-order valence-electron chi connectivity index (χ3n) is 5.83. The van der Waals surface area contributed by atoms with E-state index >= 15 is 0 Å². The van der Waals surface area contributed by atoms with Gasteiger partial charge in [0.25, 0.3) is 0 Å². The maximum absolute atomic E-state index is 11.9. The van der Waals surface area contributed by atoms with Crippen molar-refractivity contribution in [2.45, 2.75) is 31.8 Å². The van der Waals surface area contributed by atoms with Crippen molar-refractivity contribution in [2.24, 2.45) is 0 Å². The highest BCUT2D eigenvalue weighted by molar-refractivity contribution is 5.90. The number of benzene rings is 2. The van der Waals surface area contributed by atoms with Crippen molar-refractivity contribution in [1.29, 1.82) is 0 Å². The van der Waals surface area contributed by atoms with Crippen molar-refractivity contribution in [2.75, 3.05) is 18.6 Å². The van der Waals surface area contributed by atoms with Gasteiger partial charge in [-0.3, -0.25) is 4.79 Å². The van der Waals surface area contributed by atoms with Crippen LogP contribution in [0.4, 0.5) is 5.69 Å². The Hall–Kier alpha value is -2.49. The summed E-state index contributed by atoms with van der Waals surface area (Å²) in [5.74, 6) is 0.951. The number of carbonyl (C=O) groups is 1. The Morgan fingerprint density at radius 1 is 1.04 bits per heavy atom. The van der Waals surface area contributed by atoms with E-state index in [2.05, 4.69) is 61.3 Å². The molecule has 2 aliphatic heterocycles. The summed E-state index contributed by atoms with van der Waals surface area (Å²) < 4.78 is 5.24. The van der Waals surface area contributed by atoms with E-state index in [-0.39, 0.29) is 17.0 Å². The van der Waals surface area contributed by atoms with Crippen LogP contribution in [0.2, 0.25) is 0 Å². The fraction of sp³-hybridized carbons (Fsp3) is 0.350. The highest BCUT2D eigenvalue weighted by atomic mass is 16.5. The predicted octanol–water partition coefficient (Wildman–Crippen LogP) is 3.31. The summed E-state index contributed by atoms with van der Waals surface area (Å²) in [6, 6.07) is 14.6. The summed E-state index contributed by atoms with van der Waals surface area (Å²) in [6.07, 6.45) is 0. The van der Waals surface area contributed by atoms with Gasteiger partial charge in [-0.2, -0.15) is 0 Å². The maximum Gasteiger partial charge on any atom is 0.241 e. The number of nitrogens with one attached hydrogen (secondary N) is 1. The molecular weight excluding hydrogens is 300 g/mol. The molecule has 0 radical (unpaired) electrons. The molecule has 0 spiro atoms. The number of hydrogen-bond donors (Lipinski definition) is 1. The Labute approximate surface area is 142 Å². The second-order valence-corrected chi connectivity index (χ2v) is 7.29. The largest absolute Gasteiger partial charge is 0.497 e. The number of rotatable bonds is 2. The number of nitrogens with zero attached hydrogens (tertiary/aromatic N) is 1. The molecule has 124 valence electrons. The van der Waals surface area contributed by atoms with Crippen LogP contribution >= 0.6 is 0 Å². The Morgan fingerprint density at radius 3 is 2.38 bits per heavy atom. The fourth-order valence-corrected chi connectivity index (χ4v) is 4.00. The molecule has 0 aromatic heterocycles. The van der Waals surface area contributed by atoms with Gasteiger partial charge in [-0.1, -0.05) is 32.0 Å². The third kappa shape index (κ3) is 1.83. The Kier molecular flexibility index (Phi) is 2.99. The van der Waals surface area contributed by atoms with Gasteiger partial charge < -0.3 is 15.0 Å². The van der Waals surface area contributed by atoms with E-state index in [0.29, 0.717) is 6.54 Å². The quantitative estimate of drug-likeness (QED) is 0.922. The first-order valence-corrected chi connectivity index (χ1v) is 8.24. The molecule has 2 aromatic rings. The minimum atomic E-state index is -0.370. The first kappa shape index (κ1) is 15.1. The molecule has 1 unspecified atom stereocenters. The second kappa shape index (κ2) is 4.76. The second-order valence-electron chi connectivity index (χ2n) is 7.29. The van der Waals surface area contributed by atoms with Gasteiger partial charge in [0, 0.05) is 11.1 Å². The Morgan fingerprint density at radius 2 is 1.71 bits per heavy atom. The minimum Gasteiger partial charge on any atom is -0.497 e. The van der Waals surface area contributed by atoms with E-state index in [1.807, 2.05) is 12.1 Å². The van der Waals surface area contributed by atoms with E-state index in [4.69, 9.17) is 4.74 Å². The molecule has 1 amide bonds. The molecule has 1 atom stereocenters. The molecule has 2 aromatic carbocycles. The first-order chi connectivity index (χ1) is 11.4. The van der Waals surface area contributed by atoms with Gasteiger partial charge in [-0.15, -0.1) is 0 Å². The van der Waals surface area contributed by atoms with Crippen LogP contribution in [0.15, 0.2) is 42.5 Å². The lowest BCUT2D eigenvalue weighted by Gasteiger charge is -2.39. The van der Waals surface area contributed by atoms with E-state index in [0.717, 1.165) is 17.0 Å². The number of ether oxygens (including phenoxy) is 1. The molecule has 4 heteroatoms. The summed E-state index contributed by atoms with van der Waals surface area (Å²) in [7, 11) is 1.68. The normalized spacial score (nSPS) is 23.7. The maximum atomic E-state index is 11.9. The lowest BCUT2D eigenvalue weighted by atomic mass is 9.76. The molecule has 2 heterocycles. The number of anilines is 1. The molecule has 24 heavy (non-hydrogen) atoms. The van der Waals surface area contributed by atoms with E-state index in [1.54, 1.807) is 7.11 Å². The molecule has 4 rings (SSSR count). The molecular formula is C20H22N2O2. The van der Waals surface area contributed by atoms with E-state index < -0.39 is 0 Å². The highest BCUT2D eigenvalue weighted by Crippen LogP contribution is 2.52. The highest BCUT2D eigenvalue weighted by Gasteiger charge is 2.58. The zero-order valence-electron chi connectivity index (χ0n) is 14.5. The van der Waals surface area contributed by atoms with Gasteiger partial charge in [0.05, 0.1) is 13.7 Å². The standard InChI is InChI=1S/C20H22N2O2/c1-19(2)16-11-14(13-5-8-15(24-4)9-6-13)7-10-17(16)22-12-18(23)21-20(19,22)3/h5-11H,12H2,1-4H3,(H,21,23). The number of methoxy groups -OCH3 is 1. The first-order valence-electron chi connectivity index (χ1n) is 8.24. The van der Waals surface area contributed by atoms with Crippen molar-refractivity contribution >= 4 is 11.6 Å². The molecule has 0 saturated carbocycles. The third-order valence-corrected chi connectivity index (χ3v) is 5.83. The van der Waals surface area contributed by atoms with Crippen LogP contribution in [-0.4, -0.2) is 25.2 Å². The van der Waals surface area contributed by atoms with Crippen molar-refractivity contribution in [3.05, 3.63) is 48.0 Å². The number of hydrogen-bond acceptors (Lipinski definition) is 3. The van der Waals surface area contributed by atoms with Gasteiger partial charge in [0.2, 0.25) is 5.91 Å². The molecule has 2 aliphatic rings. The van der Waals surface area contributed by atoms with E-state index in [9.17, 15) is 4.79 Å². The van der Waals surface area contributed by atoms with Crippen LogP contribution in [0.1, 0.15) is 26.3 Å². The number of carbonyl (C=O) groups excluding carboxylic acids is 1. The average molecular weight is 322 g/mol. The van der Waals surface area contributed by atoms with Crippen LogP contribution in [0, 0.1) is 0 Å². The van der Waals surface area contributed by atoms with Crippen LogP contribution in [0.3, 0.4) is 0 Å². The molecule has 1 fully saturated rings. The Balaban J connectivity index is 1.81. The SMILES string of the molecule is COc1ccc(-c2ccc3c(c2)C(C)(C)C2(C)NC(=O)CN32)cc1. The van der Waals surface area contributed by atoms with Gasteiger partial charge in [-0.25, -0.2) is 0 Å². The molecule has 0 aliphatic carbocycles. The monoisotopic (exact) mass is 322 g/mol. The van der Waals surface area contributed by atoms with Gasteiger partial charge in [-0.05, 0) is 47.9 Å². The average Bonchev–Trinajstić information content (AvgIpc) is 2.97.